The average molecular weight is 512 g/mol. The largest absolute Gasteiger partial charge is 0.497 e. The number of nitrogens with one attached hydrogen (secondary N) is 2. The van der Waals surface area contributed by atoms with E-state index in [1.54, 1.807) is 31.4 Å². The van der Waals surface area contributed by atoms with Gasteiger partial charge in [-0.15, -0.1) is 10.2 Å². The van der Waals surface area contributed by atoms with E-state index in [2.05, 4.69) is 20.8 Å². The molecule has 0 aliphatic rings. The van der Waals surface area contributed by atoms with Crippen molar-refractivity contribution in [1.82, 2.24) is 20.1 Å². The Morgan fingerprint density at radius 3 is 2.47 bits per heavy atom. The van der Waals surface area contributed by atoms with E-state index in [4.69, 9.17) is 9.47 Å². The number of aromatic nitrogens is 3. The number of hydrogen-bond donors (Lipinski definition) is 2. The molecule has 2 amide bonds. The van der Waals surface area contributed by atoms with E-state index in [1.165, 1.54) is 18.9 Å². The maximum atomic E-state index is 12.5. The summed E-state index contributed by atoms with van der Waals surface area (Å²) in [6, 6.07) is 13.5. The van der Waals surface area contributed by atoms with E-state index in [0.29, 0.717) is 28.8 Å². The monoisotopic (exact) mass is 511 g/mol. The van der Waals surface area contributed by atoms with Crippen LogP contribution in [0.4, 0.5) is 5.69 Å². The summed E-state index contributed by atoms with van der Waals surface area (Å²) in [5.74, 6) is 0.565. The van der Waals surface area contributed by atoms with Crippen LogP contribution in [0.2, 0.25) is 0 Å². The summed E-state index contributed by atoms with van der Waals surface area (Å²) < 4.78 is 11.7. The molecule has 1 heterocycles. The number of hydrogen-bond acceptors (Lipinski definition) is 8. The number of ether oxygens (including phenoxy) is 2. The molecule has 1 atom stereocenters. The zero-order chi connectivity index (χ0) is 26.1. The summed E-state index contributed by atoms with van der Waals surface area (Å²) in [7, 11) is 2.90. The first kappa shape index (κ1) is 26.7. The third-order valence-electron chi connectivity index (χ3n) is 5.25. The second kappa shape index (κ2) is 12.7. The Labute approximate surface area is 213 Å². The van der Waals surface area contributed by atoms with E-state index in [1.807, 2.05) is 42.7 Å². The molecule has 0 spiro atoms. The van der Waals surface area contributed by atoms with Crippen molar-refractivity contribution in [2.75, 3.05) is 25.3 Å². The second-order valence-corrected chi connectivity index (χ2v) is 8.75. The molecule has 0 saturated carbocycles. The number of benzene rings is 2. The van der Waals surface area contributed by atoms with Crippen molar-refractivity contribution in [2.45, 2.75) is 38.0 Å². The van der Waals surface area contributed by atoms with E-state index in [9.17, 15) is 14.4 Å². The zero-order valence-electron chi connectivity index (χ0n) is 20.6. The van der Waals surface area contributed by atoms with Gasteiger partial charge in [-0.3, -0.25) is 9.59 Å². The molecule has 1 aromatic heterocycles. The third kappa shape index (κ3) is 7.08. The molecule has 190 valence electrons. The van der Waals surface area contributed by atoms with Crippen LogP contribution >= 0.6 is 11.8 Å². The highest BCUT2D eigenvalue weighted by molar-refractivity contribution is 7.99. The number of carbonyl (C=O) groups excluding carboxylic acids is 3. The smallest absolute Gasteiger partial charge is 0.337 e. The van der Waals surface area contributed by atoms with Crippen molar-refractivity contribution >= 4 is 35.2 Å². The predicted molar refractivity (Wildman–Crippen MR) is 136 cm³/mol. The van der Waals surface area contributed by atoms with Crippen LogP contribution in [0.3, 0.4) is 0 Å². The third-order valence-corrected chi connectivity index (χ3v) is 6.22. The van der Waals surface area contributed by atoms with Crippen molar-refractivity contribution in [2.24, 2.45) is 0 Å². The molecule has 2 N–H and O–H groups in total. The van der Waals surface area contributed by atoms with Crippen LogP contribution in [0.5, 0.6) is 5.75 Å². The Morgan fingerprint density at radius 2 is 1.81 bits per heavy atom. The minimum absolute atomic E-state index is 0.0960. The fourth-order valence-corrected chi connectivity index (χ4v) is 4.29. The number of amides is 2. The van der Waals surface area contributed by atoms with Gasteiger partial charge in [0.2, 0.25) is 11.8 Å². The Bertz CT molecular complexity index is 1210. The fraction of sp³-hybridized carbons (Fsp3) is 0.320. The lowest BCUT2D eigenvalue weighted by molar-refractivity contribution is -0.121. The number of methoxy groups -OCH3 is 2. The van der Waals surface area contributed by atoms with Gasteiger partial charge in [-0.05, 0) is 49.7 Å². The van der Waals surface area contributed by atoms with Crippen LogP contribution in [0.15, 0.2) is 53.7 Å². The molecular weight excluding hydrogens is 482 g/mol. The Hall–Kier alpha value is -3.86. The van der Waals surface area contributed by atoms with Gasteiger partial charge in [0.25, 0.3) is 0 Å². The van der Waals surface area contributed by atoms with Crippen molar-refractivity contribution in [3.8, 4) is 5.75 Å². The van der Waals surface area contributed by atoms with Crippen molar-refractivity contribution in [3.05, 3.63) is 65.5 Å². The number of esters is 1. The molecule has 0 fully saturated rings. The summed E-state index contributed by atoms with van der Waals surface area (Å²) in [6.45, 7) is 4.37. The van der Waals surface area contributed by atoms with Gasteiger partial charge in [0.15, 0.2) is 11.0 Å². The van der Waals surface area contributed by atoms with Crippen LogP contribution in [0.25, 0.3) is 0 Å². The summed E-state index contributed by atoms with van der Waals surface area (Å²) in [4.78, 5) is 36.7. The molecule has 10 nitrogen and oxygen atoms in total. The van der Waals surface area contributed by atoms with Gasteiger partial charge in [-0.25, -0.2) is 4.79 Å². The normalized spacial score (nSPS) is 11.4. The van der Waals surface area contributed by atoms with Crippen molar-refractivity contribution in [3.63, 3.8) is 0 Å². The maximum absolute atomic E-state index is 12.5. The van der Waals surface area contributed by atoms with Crippen LogP contribution in [0, 0.1) is 0 Å². The summed E-state index contributed by atoms with van der Waals surface area (Å²) >= 11 is 1.24. The number of nitrogens with zero attached hydrogens (tertiary/aromatic N) is 3. The van der Waals surface area contributed by atoms with Crippen molar-refractivity contribution in [1.29, 1.82) is 0 Å². The van der Waals surface area contributed by atoms with E-state index in [-0.39, 0.29) is 30.0 Å². The summed E-state index contributed by atoms with van der Waals surface area (Å²) in [6.07, 6.45) is 0.230. The molecule has 0 aliphatic carbocycles. The van der Waals surface area contributed by atoms with Gasteiger partial charge >= 0.3 is 5.97 Å². The Kier molecular flexibility index (Phi) is 9.46. The lowest BCUT2D eigenvalue weighted by atomic mass is 10.1. The number of thioether (sulfide) groups is 1. The first-order valence-corrected chi connectivity index (χ1v) is 12.3. The van der Waals surface area contributed by atoms with E-state index < -0.39 is 5.97 Å². The molecule has 0 aliphatic heterocycles. The van der Waals surface area contributed by atoms with Gasteiger partial charge in [-0.2, -0.15) is 0 Å². The van der Waals surface area contributed by atoms with Crippen LogP contribution in [-0.4, -0.2) is 52.5 Å². The SMILES string of the molecule is CCn1c(SCC(=O)Nc2cccc(C(=O)OC)c2)nnc1[C@H](C)NC(=O)Cc1ccc(OC)cc1. The van der Waals surface area contributed by atoms with Gasteiger partial charge in [0, 0.05) is 12.2 Å². The zero-order valence-corrected chi connectivity index (χ0v) is 21.4. The summed E-state index contributed by atoms with van der Waals surface area (Å²) in [5, 5.41) is 14.8. The van der Waals surface area contributed by atoms with E-state index >= 15 is 0 Å². The lowest BCUT2D eigenvalue weighted by Crippen LogP contribution is -2.30. The van der Waals surface area contributed by atoms with Crippen molar-refractivity contribution < 1.29 is 23.9 Å². The number of carbonyl (C=O) groups is 3. The summed E-state index contributed by atoms with van der Waals surface area (Å²) in [5.41, 5.74) is 1.72. The molecule has 0 radical (unpaired) electrons. The molecule has 11 heteroatoms. The maximum Gasteiger partial charge on any atom is 0.337 e. The molecule has 3 aromatic rings. The lowest BCUT2D eigenvalue weighted by Gasteiger charge is -2.15. The highest BCUT2D eigenvalue weighted by Crippen LogP contribution is 2.21. The van der Waals surface area contributed by atoms with Gasteiger partial charge in [-0.1, -0.05) is 30.0 Å². The molecule has 2 aromatic carbocycles. The molecule has 36 heavy (non-hydrogen) atoms. The molecule has 0 saturated heterocycles. The Balaban J connectivity index is 1.57. The minimum atomic E-state index is -0.478. The van der Waals surface area contributed by atoms with E-state index in [0.717, 1.165) is 11.3 Å². The fourth-order valence-electron chi connectivity index (χ4n) is 3.48. The predicted octanol–water partition coefficient (Wildman–Crippen LogP) is 3.24. The quantitative estimate of drug-likeness (QED) is 0.297. The van der Waals surface area contributed by atoms with Gasteiger partial charge in [0.1, 0.15) is 5.75 Å². The highest BCUT2D eigenvalue weighted by atomic mass is 32.2. The van der Waals surface area contributed by atoms with Crippen LogP contribution < -0.4 is 15.4 Å². The second-order valence-electron chi connectivity index (χ2n) is 7.81. The first-order valence-electron chi connectivity index (χ1n) is 11.3. The highest BCUT2D eigenvalue weighted by Gasteiger charge is 2.20. The van der Waals surface area contributed by atoms with Gasteiger partial charge < -0.3 is 24.7 Å². The minimum Gasteiger partial charge on any atom is -0.497 e. The molecular formula is C25H29N5O5S. The number of anilines is 1. The van der Waals surface area contributed by atoms with Crippen LogP contribution in [0.1, 0.15) is 41.6 Å². The Morgan fingerprint density at radius 1 is 1.06 bits per heavy atom. The number of rotatable bonds is 11. The molecule has 0 unspecified atom stereocenters. The standard InChI is InChI=1S/C25H29N5O5S/c1-5-30-23(16(2)26-21(31)13-17-9-11-20(34-3)12-10-17)28-29-25(30)36-15-22(32)27-19-8-6-7-18(14-19)24(33)35-4/h6-12,14,16H,5,13,15H2,1-4H3,(H,26,31)(H,27,32)/t16-/m0/s1. The van der Waals surface area contributed by atoms with Crippen LogP contribution in [-0.2, 0) is 27.3 Å². The first-order chi connectivity index (χ1) is 17.3. The topological polar surface area (TPSA) is 124 Å². The molecule has 3 rings (SSSR count). The molecule has 0 bridgehead atoms. The average Bonchev–Trinajstić information content (AvgIpc) is 3.30. The van der Waals surface area contributed by atoms with Gasteiger partial charge in [0.05, 0.1) is 38.0 Å².